The van der Waals surface area contributed by atoms with Crippen LogP contribution in [-0.4, -0.2) is 48.1 Å². The molecule has 7 nitrogen and oxygen atoms in total. The van der Waals surface area contributed by atoms with Crippen molar-refractivity contribution in [2.75, 3.05) is 32.3 Å². The molecule has 9 heteroatoms. The van der Waals surface area contributed by atoms with Gasteiger partial charge < -0.3 is 19.5 Å². The average Bonchev–Trinajstić information content (AvgIpc) is 3.46. The second-order valence-electron chi connectivity index (χ2n) is 10.3. The summed E-state index contributed by atoms with van der Waals surface area (Å²) >= 11 is 0. The van der Waals surface area contributed by atoms with Crippen LogP contribution in [0.5, 0.6) is 17.2 Å². The third-order valence-corrected chi connectivity index (χ3v) is 7.78. The van der Waals surface area contributed by atoms with Gasteiger partial charge in [-0.2, -0.15) is 0 Å². The normalized spacial score (nSPS) is 14.9. The van der Waals surface area contributed by atoms with Crippen LogP contribution < -0.4 is 19.5 Å². The summed E-state index contributed by atoms with van der Waals surface area (Å²) in [6.07, 6.45) is 2.09. The topological polar surface area (TPSA) is 68.7 Å². The SMILES string of the molecule is COc1ccc2c(-c3ccc4c(c3)OCO4)nnc(NC3CCN(Cc4ccc5ccccc5c4)CC3)c2c1.Cl.Cl. The molecule has 2 aliphatic heterocycles. The fourth-order valence-corrected chi connectivity index (χ4v) is 5.65. The van der Waals surface area contributed by atoms with Crippen molar-refractivity contribution in [3.05, 3.63) is 84.4 Å². The zero-order valence-electron chi connectivity index (χ0n) is 22.7. The number of nitrogens with one attached hydrogen (secondary N) is 1. The van der Waals surface area contributed by atoms with Gasteiger partial charge in [0.25, 0.3) is 0 Å². The lowest BCUT2D eigenvalue weighted by molar-refractivity contribution is 0.174. The van der Waals surface area contributed by atoms with E-state index >= 15 is 0 Å². The summed E-state index contributed by atoms with van der Waals surface area (Å²) in [5.41, 5.74) is 3.11. The van der Waals surface area contributed by atoms with Crippen molar-refractivity contribution in [1.82, 2.24) is 15.1 Å². The van der Waals surface area contributed by atoms with Crippen molar-refractivity contribution in [2.45, 2.75) is 25.4 Å². The lowest BCUT2D eigenvalue weighted by atomic mass is 10.0. The van der Waals surface area contributed by atoms with E-state index in [1.807, 2.05) is 30.3 Å². The Kier molecular flexibility index (Phi) is 8.68. The van der Waals surface area contributed by atoms with Gasteiger partial charge in [-0.1, -0.05) is 36.4 Å². The molecule has 5 aromatic rings. The Morgan fingerprint density at radius 3 is 2.46 bits per heavy atom. The van der Waals surface area contributed by atoms with E-state index in [4.69, 9.17) is 14.2 Å². The molecule has 0 aliphatic carbocycles. The van der Waals surface area contributed by atoms with Crippen molar-refractivity contribution >= 4 is 52.2 Å². The molecule has 1 fully saturated rings. The molecule has 0 amide bonds. The molecule has 0 spiro atoms. The molecule has 7 rings (SSSR count). The number of halogens is 2. The quantitative estimate of drug-likeness (QED) is 0.226. The Hall–Kier alpha value is -3.78. The first-order valence-corrected chi connectivity index (χ1v) is 13.4. The Morgan fingerprint density at radius 1 is 0.829 bits per heavy atom. The van der Waals surface area contributed by atoms with Gasteiger partial charge in [0, 0.05) is 42.0 Å². The van der Waals surface area contributed by atoms with E-state index in [9.17, 15) is 0 Å². The summed E-state index contributed by atoms with van der Waals surface area (Å²) in [6, 6.07) is 27.6. The van der Waals surface area contributed by atoms with Crippen molar-refractivity contribution in [3.63, 3.8) is 0 Å². The molecule has 41 heavy (non-hydrogen) atoms. The molecule has 0 unspecified atom stereocenters. The molecule has 1 N–H and O–H groups in total. The van der Waals surface area contributed by atoms with Gasteiger partial charge in [0.15, 0.2) is 17.3 Å². The zero-order valence-corrected chi connectivity index (χ0v) is 24.3. The highest BCUT2D eigenvalue weighted by Gasteiger charge is 2.22. The molecule has 3 heterocycles. The first kappa shape index (κ1) is 28.7. The van der Waals surface area contributed by atoms with Gasteiger partial charge in [-0.05, 0) is 71.6 Å². The number of methoxy groups -OCH3 is 1. The minimum atomic E-state index is 0. The Bertz CT molecular complexity index is 1670. The van der Waals surface area contributed by atoms with Crippen LogP contribution in [0.3, 0.4) is 0 Å². The summed E-state index contributed by atoms with van der Waals surface area (Å²) in [5, 5.41) is 17.6. The van der Waals surface area contributed by atoms with Crippen LogP contribution in [0.2, 0.25) is 0 Å². The van der Waals surface area contributed by atoms with E-state index in [2.05, 4.69) is 68.9 Å². The number of hydrogen-bond donors (Lipinski definition) is 1. The number of piperidine rings is 1. The van der Waals surface area contributed by atoms with Crippen LogP contribution in [-0.2, 0) is 6.54 Å². The van der Waals surface area contributed by atoms with Gasteiger partial charge in [-0.25, -0.2) is 0 Å². The number of aromatic nitrogens is 2. The van der Waals surface area contributed by atoms with Gasteiger partial charge in [0.05, 0.1) is 7.11 Å². The third kappa shape index (κ3) is 5.84. The second kappa shape index (κ2) is 12.4. The predicted octanol–water partition coefficient (Wildman–Crippen LogP) is 7.11. The maximum absolute atomic E-state index is 5.59. The van der Waals surface area contributed by atoms with Crippen molar-refractivity contribution in [1.29, 1.82) is 0 Å². The average molecular weight is 592 g/mol. The van der Waals surface area contributed by atoms with E-state index in [-0.39, 0.29) is 31.6 Å². The summed E-state index contributed by atoms with van der Waals surface area (Å²) in [5.74, 6) is 3.07. The summed E-state index contributed by atoms with van der Waals surface area (Å²) in [4.78, 5) is 2.54. The fraction of sp³-hybridized carbons (Fsp3) is 0.250. The monoisotopic (exact) mass is 590 g/mol. The van der Waals surface area contributed by atoms with Crippen molar-refractivity contribution in [2.24, 2.45) is 0 Å². The highest BCUT2D eigenvalue weighted by molar-refractivity contribution is 6.01. The number of nitrogens with zero attached hydrogens (tertiary/aromatic N) is 3. The number of rotatable bonds is 6. The summed E-state index contributed by atoms with van der Waals surface area (Å²) < 4.78 is 16.6. The number of likely N-dealkylation sites (tertiary alicyclic amines) is 1. The molecule has 2 aliphatic rings. The van der Waals surface area contributed by atoms with Crippen LogP contribution in [0, 0.1) is 0 Å². The highest BCUT2D eigenvalue weighted by atomic mass is 35.5. The molecule has 1 aromatic heterocycles. The molecule has 0 bridgehead atoms. The van der Waals surface area contributed by atoms with Crippen LogP contribution >= 0.6 is 24.8 Å². The summed E-state index contributed by atoms with van der Waals surface area (Å²) in [6.45, 7) is 3.29. The van der Waals surface area contributed by atoms with Crippen molar-refractivity contribution in [3.8, 4) is 28.5 Å². The van der Waals surface area contributed by atoms with Gasteiger partial charge in [-0.15, -0.1) is 35.0 Å². The number of fused-ring (bicyclic) bond motifs is 3. The molecule has 4 aromatic carbocycles. The first-order valence-electron chi connectivity index (χ1n) is 13.4. The first-order chi connectivity index (χ1) is 19.2. The molecule has 0 radical (unpaired) electrons. The Morgan fingerprint density at radius 2 is 1.63 bits per heavy atom. The van der Waals surface area contributed by atoms with E-state index in [0.29, 0.717) is 6.04 Å². The minimum absolute atomic E-state index is 0. The molecular formula is C32H32Cl2N4O3. The smallest absolute Gasteiger partial charge is 0.231 e. The van der Waals surface area contributed by atoms with E-state index in [1.165, 1.54) is 16.3 Å². The van der Waals surface area contributed by atoms with Crippen LogP contribution in [0.4, 0.5) is 5.82 Å². The van der Waals surface area contributed by atoms with Crippen LogP contribution in [0.15, 0.2) is 78.9 Å². The van der Waals surface area contributed by atoms with Crippen LogP contribution in [0.25, 0.3) is 32.8 Å². The largest absolute Gasteiger partial charge is 0.497 e. The summed E-state index contributed by atoms with van der Waals surface area (Å²) in [7, 11) is 1.69. The maximum atomic E-state index is 5.59. The van der Waals surface area contributed by atoms with E-state index in [1.54, 1.807) is 7.11 Å². The predicted molar refractivity (Wildman–Crippen MR) is 168 cm³/mol. The van der Waals surface area contributed by atoms with E-state index in [0.717, 1.165) is 77.6 Å². The van der Waals surface area contributed by atoms with Gasteiger partial charge in [0.1, 0.15) is 11.4 Å². The molecule has 0 atom stereocenters. The fourth-order valence-electron chi connectivity index (χ4n) is 5.65. The van der Waals surface area contributed by atoms with Crippen molar-refractivity contribution < 1.29 is 14.2 Å². The Labute approximate surface area is 251 Å². The number of benzene rings is 4. The molecular weight excluding hydrogens is 559 g/mol. The third-order valence-electron chi connectivity index (χ3n) is 7.78. The number of ether oxygens (including phenoxy) is 3. The molecule has 0 saturated carbocycles. The standard InChI is InChI=1S/C32H30N4O3.2ClH/c1-37-26-9-10-27-28(18-26)32(35-34-31(27)24-8-11-29-30(17-24)39-20-38-29)33-25-12-14-36(15-13-25)19-21-6-7-22-4-2-3-5-23(22)16-21;;/h2-11,16-18,25H,12-15,19-20H2,1H3,(H,33,35);2*1H. The Balaban J connectivity index is 0.00000169. The molecule has 1 saturated heterocycles. The molecule has 212 valence electrons. The van der Waals surface area contributed by atoms with Crippen LogP contribution in [0.1, 0.15) is 18.4 Å². The van der Waals surface area contributed by atoms with E-state index < -0.39 is 0 Å². The number of hydrogen-bond acceptors (Lipinski definition) is 7. The highest BCUT2D eigenvalue weighted by Crippen LogP contribution is 2.39. The van der Waals surface area contributed by atoms with Gasteiger partial charge in [-0.3, -0.25) is 4.90 Å². The second-order valence-corrected chi connectivity index (χ2v) is 10.3. The number of anilines is 1. The minimum Gasteiger partial charge on any atom is -0.497 e. The van der Waals surface area contributed by atoms with Gasteiger partial charge in [0.2, 0.25) is 6.79 Å². The lowest BCUT2D eigenvalue weighted by Gasteiger charge is -2.32. The zero-order chi connectivity index (χ0) is 26.2. The maximum Gasteiger partial charge on any atom is 0.231 e. The van der Waals surface area contributed by atoms with Gasteiger partial charge >= 0.3 is 0 Å². The lowest BCUT2D eigenvalue weighted by Crippen LogP contribution is -2.38.